The summed E-state index contributed by atoms with van der Waals surface area (Å²) >= 11 is 0. The molecule has 0 aromatic heterocycles. The second-order valence-corrected chi connectivity index (χ2v) is 4.43. The number of rotatable bonds is 6. The third-order valence-electron chi connectivity index (χ3n) is 2.72. The second kappa shape index (κ2) is 8.34. The van der Waals surface area contributed by atoms with Crippen molar-refractivity contribution in [3.8, 4) is 0 Å². The van der Waals surface area contributed by atoms with Gasteiger partial charge in [-0.15, -0.1) is 12.4 Å². The topological polar surface area (TPSA) is 24.5 Å². The highest BCUT2D eigenvalue weighted by atomic mass is 35.5. The minimum Gasteiger partial charge on any atom is -0.377 e. The van der Waals surface area contributed by atoms with Gasteiger partial charge in [-0.3, -0.25) is 0 Å². The van der Waals surface area contributed by atoms with Gasteiger partial charge in [0.05, 0.1) is 12.7 Å². The highest BCUT2D eigenvalue weighted by Gasteiger charge is 2.20. The molecule has 1 rings (SSSR count). The lowest BCUT2D eigenvalue weighted by molar-refractivity contribution is 0.0629. The first-order valence-electron chi connectivity index (χ1n) is 5.71. The molecule has 1 N–H and O–H groups in total. The Bertz CT molecular complexity index is 156. The lowest BCUT2D eigenvalue weighted by Gasteiger charge is -2.16. The Labute approximate surface area is 100.0 Å². The lowest BCUT2D eigenvalue weighted by atomic mass is 10.1. The largest absolute Gasteiger partial charge is 0.377 e. The van der Waals surface area contributed by atoms with Crippen LogP contribution in [0.15, 0.2) is 0 Å². The van der Waals surface area contributed by atoms with Crippen LogP contribution in [0.25, 0.3) is 0 Å². The van der Waals surface area contributed by atoms with Crippen LogP contribution in [0.2, 0.25) is 0 Å². The van der Waals surface area contributed by atoms with Crippen LogP contribution >= 0.6 is 12.4 Å². The van der Waals surface area contributed by atoms with Crippen LogP contribution in [0.4, 0.5) is 0 Å². The normalized spacial score (nSPS) is 22.0. The van der Waals surface area contributed by atoms with Gasteiger partial charge in [-0.25, -0.2) is 0 Å². The van der Waals surface area contributed by atoms with Crippen LogP contribution in [0.3, 0.4) is 0 Å². The maximum absolute atomic E-state index is 5.54. The van der Waals surface area contributed by atoms with Gasteiger partial charge in [-0.1, -0.05) is 0 Å². The summed E-state index contributed by atoms with van der Waals surface area (Å²) in [7, 11) is 2.03. The Morgan fingerprint density at radius 3 is 2.80 bits per heavy atom. The molecule has 1 saturated heterocycles. The van der Waals surface area contributed by atoms with Crippen LogP contribution in [0.1, 0.15) is 20.3 Å². The van der Waals surface area contributed by atoms with E-state index in [4.69, 9.17) is 4.74 Å². The van der Waals surface area contributed by atoms with Crippen molar-refractivity contribution in [2.75, 3.05) is 39.8 Å². The predicted octanol–water partition coefficient (Wildman–Crippen LogP) is 1.37. The average Bonchev–Trinajstić information content (AvgIpc) is 2.53. The van der Waals surface area contributed by atoms with E-state index in [1.165, 1.54) is 19.5 Å². The minimum absolute atomic E-state index is 0. The zero-order chi connectivity index (χ0) is 10.4. The van der Waals surface area contributed by atoms with Crippen molar-refractivity contribution in [2.24, 2.45) is 5.92 Å². The Morgan fingerprint density at radius 1 is 1.47 bits per heavy atom. The molecule has 1 aliphatic heterocycles. The second-order valence-electron chi connectivity index (χ2n) is 4.43. The van der Waals surface area contributed by atoms with Crippen molar-refractivity contribution in [2.45, 2.75) is 26.4 Å². The molecule has 4 heteroatoms. The molecule has 0 aliphatic carbocycles. The van der Waals surface area contributed by atoms with Gasteiger partial charge in [0, 0.05) is 13.1 Å². The molecular weight excluding hydrogens is 212 g/mol. The molecule has 0 aromatic rings. The Kier molecular flexibility index (Phi) is 8.43. The maximum atomic E-state index is 5.54. The highest BCUT2D eigenvalue weighted by Crippen LogP contribution is 2.14. The number of likely N-dealkylation sites (tertiary alicyclic amines) is 1. The molecule has 1 fully saturated rings. The van der Waals surface area contributed by atoms with E-state index in [0.717, 1.165) is 25.6 Å². The van der Waals surface area contributed by atoms with Crippen molar-refractivity contribution in [3.05, 3.63) is 0 Å². The Hall–Kier alpha value is 0.170. The number of hydrogen-bond acceptors (Lipinski definition) is 3. The molecule has 1 heterocycles. The summed E-state index contributed by atoms with van der Waals surface area (Å²) in [4.78, 5) is 2.50. The Morgan fingerprint density at radius 2 is 2.20 bits per heavy atom. The molecule has 0 radical (unpaired) electrons. The quantitative estimate of drug-likeness (QED) is 0.754. The van der Waals surface area contributed by atoms with Gasteiger partial charge in [0.25, 0.3) is 0 Å². The molecule has 0 spiro atoms. The van der Waals surface area contributed by atoms with E-state index in [2.05, 4.69) is 24.1 Å². The van der Waals surface area contributed by atoms with E-state index in [1.807, 2.05) is 7.05 Å². The first-order valence-corrected chi connectivity index (χ1v) is 5.71. The summed E-state index contributed by atoms with van der Waals surface area (Å²) in [6.07, 6.45) is 1.70. The molecule has 0 bridgehead atoms. The number of nitrogens with zero attached hydrogens (tertiary/aromatic N) is 1. The van der Waals surface area contributed by atoms with Gasteiger partial charge in [-0.05, 0) is 46.3 Å². The van der Waals surface area contributed by atoms with E-state index < -0.39 is 0 Å². The molecule has 1 unspecified atom stereocenters. The number of hydrogen-bond donors (Lipinski definition) is 1. The van der Waals surface area contributed by atoms with Crippen molar-refractivity contribution in [3.63, 3.8) is 0 Å². The van der Waals surface area contributed by atoms with Gasteiger partial charge in [0.1, 0.15) is 0 Å². The predicted molar refractivity (Wildman–Crippen MR) is 66.8 cm³/mol. The molecule has 1 aliphatic rings. The van der Waals surface area contributed by atoms with E-state index in [-0.39, 0.29) is 12.4 Å². The van der Waals surface area contributed by atoms with Gasteiger partial charge in [0.2, 0.25) is 0 Å². The van der Waals surface area contributed by atoms with Crippen LogP contribution in [-0.2, 0) is 4.74 Å². The summed E-state index contributed by atoms with van der Waals surface area (Å²) in [6.45, 7) is 9.79. The summed E-state index contributed by atoms with van der Waals surface area (Å²) in [5, 5.41) is 3.25. The summed E-state index contributed by atoms with van der Waals surface area (Å²) in [6, 6.07) is 0. The van der Waals surface area contributed by atoms with Gasteiger partial charge in [-0.2, -0.15) is 0 Å². The Balaban J connectivity index is 0.00000196. The van der Waals surface area contributed by atoms with Crippen LogP contribution in [0.5, 0.6) is 0 Å². The zero-order valence-electron chi connectivity index (χ0n) is 10.2. The monoisotopic (exact) mass is 236 g/mol. The average molecular weight is 237 g/mol. The standard InChI is InChI=1S/C11H24N2O.ClH/c1-10(2)14-7-6-13-5-4-11(9-13)8-12-3;/h10-12H,4-9H2,1-3H3;1H. The molecule has 1 atom stereocenters. The third-order valence-corrected chi connectivity index (χ3v) is 2.72. The smallest absolute Gasteiger partial charge is 0.0596 e. The SMILES string of the molecule is CNCC1CCN(CCOC(C)C)C1.Cl. The van der Waals surface area contributed by atoms with Gasteiger partial charge < -0.3 is 15.0 Å². The fraction of sp³-hybridized carbons (Fsp3) is 1.00. The van der Waals surface area contributed by atoms with Crippen molar-refractivity contribution < 1.29 is 4.74 Å². The zero-order valence-corrected chi connectivity index (χ0v) is 11.0. The first kappa shape index (κ1) is 15.2. The van der Waals surface area contributed by atoms with Crippen molar-refractivity contribution in [1.29, 1.82) is 0 Å². The maximum Gasteiger partial charge on any atom is 0.0596 e. The molecule has 15 heavy (non-hydrogen) atoms. The summed E-state index contributed by atoms with van der Waals surface area (Å²) in [5.41, 5.74) is 0. The lowest BCUT2D eigenvalue weighted by Crippen LogP contribution is -2.28. The van der Waals surface area contributed by atoms with E-state index in [9.17, 15) is 0 Å². The first-order chi connectivity index (χ1) is 6.72. The van der Waals surface area contributed by atoms with Crippen molar-refractivity contribution >= 4 is 12.4 Å². The van der Waals surface area contributed by atoms with Gasteiger partial charge in [0.15, 0.2) is 0 Å². The molecule has 0 aromatic carbocycles. The van der Waals surface area contributed by atoms with Crippen molar-refractivity contribution in [1.82, 2.24) is 10.2 Å². The van der Waals surface area contributed by atoms with E-state index in [0.29, 0.717) is 6.10 Å². The number of ether oxygens (including phenoxy) is 1. The fourth-order valence-corrected chi connectivity index (χ4v) is 1.99. The number of halogens is 1. The van der Waals surface area contributed by atoms with E-state index >= 15 is 0 Å². The van der Waals surface area contributed by atoms with Crippen LogP contribution in [0, 0.1) is 5.92 Å². The number of nitrogens with one attached hydrogen (secondary N) is 1. The molecule has 92 valence electrons. The molecular formula is C11H25ClN2O. The summed E-state index contributed by atoms with van der Waals surface area (Å²) in [5.74, 6) is 0.846. The van der Waals surface area contributed by atoms with E-state index in [1.54, 1.807) is 0 Å². The molecule has 0 amide bonds. The molecule has 3 nitrogen and oxygen atoms in total. The van der Waals surface area contributed by atoms with Crippen LogP contribution < -0.4 is 5.32 Å². The van der Waals surface area contributed by atoms with Gasteiger partial charge >= 0.3 is 0 Å². The fourth-order valence-electron chi connectivity index (χ4n) is 1.99. The van der Waals surface area contributed by atoms with Crippen LogP contribution in [-0.4, -0.2) is 50.8 Å². The third kappa shape index (κ3) is 6.36. The molecule has 0 saturated carbocycles. The summed E-state index contributed by atoms with van der Waals surface area (Å²) < 4.78 is 5.54. The minimum atomic E-state index is 0. The highest BCUT2D eigenvalue weighted by molar-refractivity contribution is 5.85.